The van der Waals surface area contributed by atoms with E-state index in [-0.39, 0.29) is 6.61 Å². The monoisotopic (exact) mass is 467 g/mol. The van der Waals surface area contributed by atoms with Gasteiger partial charge in [0.05, 0.1) is 11.6 Å². The number of carbonyl (C=O) groups excluding carboxylic acids is 1. The number of rotatable bonds is 8. The Hall–Kier alpha value is -2.51. The zero-order chi connectivity index (χ0) is 20.7. The van der Waals surface area contributed by atoms with E-state index in [2.05, 4.69) is 21.2 Å². The maximum atomic E-state index is 11.8. The summed E-state index contributed by atoms with van der Waals surface area (Å²) < 4.78 is 11.9. The van der Waals surface area contributed by atoms with Crippen molar-refractivity contribution in [1.82, 2.24) is 5.32 Å². The van der Waals surface area contributed by atoms with Crippen molar-refractivity contribution in [3.8, 4) is 11.5 Å². The summed E-state index contributed by atoms with van der Waals surface area (Å²) in [4.78, 5) is 22.6. The Kier molecular flexibility index (Phi) is 7.90. The molecule has 0 spiro atoms. The third-order valence-corrected chi connectivity index (χ3v) is 4.70. The largest absolute Gasteiger partial charge is 0.493 e. The molecule has 2 rings (SSSR count). The van der Waals surface area contributed by atoms with E-state index < -0.39 is 17.9 Å². The van der Waals surface area contributed by atoms with Gasteiger partial charge in [0.25, 0.3) is 0 Å². The number of carboxylic acid groups (broad SMARTS) is 1. The molecule has 6 nitrogen and oxygen atoms in total. The molecule has 0 saturated carbocycles. The molecule has 0 aromatic heterocycles. The van der Waals surface area contributed by atoms with Crippen LogP contribution in [0.25, 0.3) is 6.08 Å². The van der Waals surface area contributed by atoms with Gasteiger partial charge >= 0.3 is 5.97 Å². The number of methoxy groups -OCH3 is 1. The molecule has 0 aliphatic heterocycles. The van der Waals surface area contributed by atoms with E-state index in [1.165, 1.54) is 20.1 Å². The fourth-order valence-corrected chi connectivity index (χ4v) is 3.00. The summed E-state index contributed by atoms with van der Waals surface area (Å²) >= 11 is 9.60. The highest BCUT2D eigenvalue weighted by molar-refractivity contribution is 9.10. The van der Waals surface area contributed by atoms with Crippen LogP contribution < -0.4 is 14.8 Å². The molecule has 0 aliphatic carbocycles. The third-order valence-electron chi connectivity index (χ3n) is 3.74. The highest BCUT2D eigenvalue weighted by Gasteiger charge is 2.14. The van der Waals surface area contributed by atoms with E-state index in [1.54, 1.807) is 24.3 Å². The van der Waals surface area contributed by atoms with E-state index in [1.807, 2.05) is 18.2 Å². The molecule has 1 amide bonds. The molecule has 148 valence electrons. The van der Waals surface area contributed by atoms with E-state index in [0.717, 1.165) is 5.56 Å². The number of nitrogens with one attached hydrogen (secondary N) is 1. The minimum absolute atomic E-state index is 0.263. The van der Waals surface area contributed by atoms with Crippen LogP contribution in [0.4, 0.5) is 0 Å². The predicted octanol–water partition coefficient (Wildman–Crippen LogP) is 4.29. The van der Waals surface area contributed by atoms with Gasteiger partial charge in [0.1, 0.15) is 12.6 Å². The average molecular weight is 469 g/mol. The number of amides is 1. The first-order valence-corrected chi connectivity index (χ1v) is 9.44. The lowest BCUT2D eigenvalue weighted by Crippen LogP contribution is -2.37. The second-order valence-corrected chi connectivity index (χ2v) is 7.08. The molecule has 2 aromatic rings. The van der Waals surface area contributed by atoms with Crippen LogP contribution in [0, 0.1) is 0 Å². The second-order valence-electron chi connectivity index (χ2n) is 5.82. The summed E-state index contributed by atoms with van der Waals surface area (Å²) in [7, 11) is 1.51. The van der Waals surface area contributed by atoms with E-state index >= 15 is 0 Å². The van der Waals surface area contributed by atoms with Crippen molar-refractivity contribution in [3.05, 3.63) is 63.1 Å². The molecule has 0 heterocycles. The van der Waals surface area contributed by atoms with Crippen molar-refractivity contribution in [2.45, 2.75) is 19.6 Å². The molecule has 28 heavy (non-hydrogen) atoms. The summed E-state index contributed by atoms with van der Waals surface area (Å²) in [6.45, 7) is 1.65. The van der Waals surface area contributed by atoms with Crippen molar-refractivity contribution in [1.29, 1.82) is 0 Å². The Bertz CT molecular complexity index is 900. The van der Waals surface area contributed by atoms with Crippen molar-refractivity contribution in [3.63, 3.8) is 0 Å². The van der Waals surface area contributed by atoms with Crippen LogP contribution in [-0.2, 0) is 16.2 Å². The summed E-state index contributed by atoms with van der Waals surface area (Å²) in [6.07, 6.45) is 2.81. The highest BCUT2D eigenvalue weighted by atomic mass is 79.9. The topological polar surface area (TPSA) is 84.9 Å². The number of benzene rings is 2. The van der Waals surface area contributed by atoms with Gasteiger partial charge in [-0.05, 0) is 52.7 Å². The Morgan fingerprint density at radius 1 is 1.32 bits per heavy atom. The van der Waals surface area contributed by atoms with Gasteiger partial charge in [0.2, 0.25) is 5.91 Å². The van der Waals surface area contributed by atoms with Crippen LogP contribution >= 0.6 is 27.5 Å². The third kappa shape index (κ3) is 6.00. The van der Waals surface area contributed by atoms with Gasteiger partial charge in [-0.2, -0.15) is 0 Å². The summed E-state index contributed by atoms with van der Waals surface area (Å²) in [6, 6.07) is 9.87. The Morgan fingerprint density at radius 3 is 2.68 bits per heavy atom. The van der Waals surface area contributed by atoms with Crippen molar-refractivity contribution < 1.29 is 24.2 Å². The SMILES string of the molecule is COc1cc(/C=C/C(=O)N[C@@H](C)C(=O)O)cc(Br)c1OCc1ccccc1Cl. The van der Waals surface area contributed by atoms with Crippen LogP contribution in [0.15, 0.2) is 46.9 Å². The first-order chi connectivity index (χ1) is 13.3. The molecule has 0 fully saturated rings. The molecular weight excluding hydrogens is 450 g/mol. The summed E-state index contributed by atoms with van der Waals surface area (Å²) in [5.74, 6) is -0.640. The quantitative estimate of drug-likeness (QED) is 0.565. The molecule has 0 unspecified atom stereocenters. The number of carboxylic acids is 1. The molecule has 0 bridgehead atoms. The van der Waals surface area contributed by atoms with E-state index in [0.29, 0.717) is 26.6 Å². The number of halogens is 2. The maximum Gasteiger partial charge on any atom is 0.325 e. The van der Waals surface area contributed by atoms with Gasteiger partial charge in [-0.25, -0.2) is 0 Å². The molecule has 2 aromatic carbocycles. The number of ether oxygens (including phenoxy) is 2. The summed E-state index contributed by atoms with van der Waals surface area (Å²) in [5, 5.41) is 11.8. The van der Waals surface area contributed by atoms with Crippen LogP contribution in [0.5, 0.6) is 11.5 Å². The first kappa shape index (κ1) is 21.8. The average Bonchev–Trinajstić information content (AvgIpc) is 2.66. The lowest BCUT2D eigenvalue weighted by molar-refractivity contribution is -0.140. The molecule has 1 atom stereocenters. The number of carbonyl (C=O) groups is 2. The van der Waals surface area contributed by atoms with Gasteiger partial charge in [-0.1, -0.05) is 29.8 Å². The zero-order valence-electron chi connectivity index (χ0n) is 15.2. The minimum Gasteiger partial charge on any atom is -0.493 e. The Morgan fingerprint density at radius 2 is 2.04 bits per heavy atom. The fraction of sp³-hybridized carbons (Fsp3) is 0.200. The van der Waals surface area contributed by atoms with Gasteiger partial charge < -0.3 is 19.9 Å². The molecule has 0 saturated heterocycles. The Balaban J connectivity index is 2.14. The van der Waals surface area contributed by atoms with Crippen molar-refractivity contribution in [2.24, 2.45) is 0 Å². The number of aliphatic carboxylic acids is 1. The highest BCUT2D eigenvalue weighted by Crippen LogP contribution is 2.37. The van der Waals surface area contributed by atoms with Crippen molar-refractivity contribution in [2.75, 3.05) is 7.11 Å². The number of hydrogen-bond donors (Lipinski definition) is 2. The molecular formula is C20H19BrClNO5. The molecule has 0 radical (unpaired) electrons. The minimum atomic E-state index is -1.11. The number of hydrogen-bond acceptors (Lipinski definition) is 4. The zero-order valence-corrected chi connectivity index (χ0v) is 17.6. The van der Waals surface area contributed by atoms with Crippen LogP contribution in [-0.4, -0.2) is 30.1 Å². The maximum absolute atomic E-state index is 11.8. The first-order valence-electron chi connectivity index (χ1n) is 8.27. The standard InChI is InChI=1S/C20H19BrClNO5/c1-12(20(25)26)23-18(24)8-7-13-9-15(21)19(17(10-13)27-2)28-11-14-5-3-4-6-16(14)22/h3-10,12H,11H2,1-2H3,(H,23,24)(H,25,26)/b8-7+/t12-/m0/s1. The predicted molar refractivity (Wildman–Crippen MR) is 111 cm³/mol. The van der Waals surface area contributed by atoms with Crippen LogP contribution in [0.2, 0.25) is 5.02 Å². The van der Waals surface area contributed by atoms with Gasteiger partial charge in [0, 0.05) is 16.7 Å². The molecule has 8 heteroatoms. The molecule has 2 N–H and O–H groups in total. The lowest BCUT2D eigenvalue weighted by Gasteiger charge is -2.14. The van der Waals surface area contributed by atoms with E-state index in [9.17, 15) is 9.59 Å². The Labute approximate surface area is 176 Å². The van der Waals surface area contributed by atoms with Gasteiger partial charge in [0.15, 0.2) is 11.5 Å². The van der Waals surface area contributed by atoms with Gasteiger partial charge in [-0.3, -0.25) is 9.59 Å². The van der Waals surface area contributed by atoms with Crippen LogP contribution in [0.3, 0.4) is 0 Å². The van der Waals surface area contributed by atoms with Gasteiger partial charge in [-0.15, -0.1) is 0 Å². The smallest absolute Gasteiger partial charge is 0.325 e. The van der Waals surface area contributed by atoms with Crippen LogP contribution in [0.1, 0.15) is 18.1 Å². The summed E-state index contributed by atoms with van der Waals surface area (Å²) in [5.41, 5.74) is 1.51. The lowest BCUT2D eigenvalue weighted by atomic mass is 10.1. The fourth-order valence-electron chi connectivity index (χ4n) is 2.24. The normalized spacial score (nSPS) is 11.9. The van der Waals surface area contributed by atoms with Crippen molar-refractivity contribution >= 4 is 45.5 Å². The van der Waals surface area contributed by atoms with E-state index in [4.69, 9.17) is 26.2 Å². The second kappa shape index (κ2) is 10.1. The molecule has 0 aliphatic rings.